The van der Waals surface area contributed by atoms with Gasteiger partial charge < -0.3 is 24.0 Å². The van der Waals surface area contributed by atoms with Crippen LogP contribution in [-0.2, 0) is 7.05 Å². The standard InChI is InChI=1S/C15H16N.HI/c1-13-6-8-14(9-7-13)10-11-15-5-3-4-12-16(15)2;/h3-12H,1-2H3;1H/q+1;/p-1. The van der Waals surface area contributed by atoms with Crippen molar-refractivity contribution in [2.24, 2.45) is 7.05 Å². The number of hydrogen-bond acceptors (Lipinski definition) is 0. The summed E-state index contributed by atoms with van der Waals surface area (Å²) in [7, 11) is 2.05. The molecule has 0 saturated heterocycles. The third-order valence-corrected chi connectivity index (χ3v) is 2.62. The lowest BCUT2D eigenvalue weighted by Gasteiger charge is -1.95. The van der Waals surface area contributed by atoms with Gasteiger partial charge in [-0.2, -0.15) is 0 Å². The first-order valence-corrected chi connectivity index (χ1v) is 5.45. The maximum Gasteiger partial charge on any atom is 0.204 e. The molecule has 0 bridgehead atoms. The van der Waals surface area contributed by atoms with Gasteiger partial charge in [-0.1, -0.05) is 29.8 Å². The van der Waals surface area contributed by atoms with E-state index in [4.69, 9.17) is 0 Å². The van der Waals surface area contributed by atoms with Gasteiger partial charge in [0, 0.05) is 18.2 Å². The van der Waals surface area contributed by atoms with Crippen LogP contribution in [0.15, 0.2) is 48.7 Å². The molecule has 0 atom stereocenters. The number of benzene rings is 1. The van der Waals surface area contributed by atoms with E-state index >= 15 is 0 Å². The minimum Gasteiger partial charge on any atom is -1.00 e. The predicted octanol–water partition coefficient (Wildman–Crippen LogP) is -0.00608. The van der Waals surface area contributed by atoms with E-state index < -0.39 is 0 Å². The molecule has 1 aromatic carbocycles. The first-order valence-electron chi connectivity index (χ1n) is 5.45. The molecular weight excluding hydrogens is 321 g/mol. The lowest BCUT2D eigenvalue weighted by atomic mass is 10.1. The zero-order chi connectivity index (χ0) is 11.4. The Bertz CT molecular complexity index is 501. The van der Waals surface area contributed by atoms with Crippen molar-refractivity contribution in [2.75, 3.05) is 0 Å². The molecule has 0 aliphatic rings. The molecule has 1 heterocycles. The molecule has 1 nitrogen and oxygen atoms in total. The summed E-state index contributed by atoms with van der Waals surface area (Å²) in [5.41, 5.74) is 3.72. The number of nitrogens with zero attached hydrogens (tertiary/aromatic N) is 1. The molecule has 0 spiro atoms. The Hall–Kier alpha value is -1.16. The van der Waals surface area contributed by atoms with Crippen LogP contribution in [0.25, 0.3) is 12.2 Å². The fraction of sp³-hybridized carbons (Fsp3) is 0.133. The maximum atomic E-state index is 2.13. The van der Waals surface area contributed by atoms with Crippen molar-refractivity contribution in [2.45, 2.75) is 6.92 Å². The van der Waals surface area contributed by atoms with Crippen molar-refractivity contribution >= 4 is 12.2 Å². The molecule has 17 heavy (non-hydrogen) atoms. The molecule has 0 amide bonds. The Morgan fingerprint density at radius 3 is 2.29 bits per heavy atom. The van der Waals surface area contributed by atoms with E-state index in [0.29, 0.717) is 0 Å². The average Bonchev–Trinajstić information content (AvgIpc) is 2.30. The van der Waals surface area contributed by atoms with E-state index in [0.717, 1.165) is 0 Å². The van der Waals surface area contributed by atoms with Crippen LogP contribution < -0.4 is 28.5 Å². The number of halogens is 1. The number of aryl methyl sites for hydroxylation is 2. The highest BCUT2D eigenvalue weighted by Gasteiger charge is 1.98. The summed E-state index contributed by atoms with van der Waals surface area (Å²) in [6, 6.07) is 14.7. The second-order valence-corrected chi connectivity index (χ2v) is 3.98. The Morgan fingerprint density at radius 2 is 1.65 bits per heavy atom. The number of hydrogen-bond donors (Lipinski definition) is 0. The molecule has 0 N–H and O–H groups in total. The van der Waals surface area contributed by atoms with Gasteiger partial charge in [0.05, 0.1) is 0 Å². The molecular formula is C15H16IN. The van der Waals surface area contributed by atoms with E-state index in [1.807, 2.05) is 6.07 Å². The lowest BCUT2D eigenvalue weighted by molar-refractivity contribution is -0.673. The topological polar surface area (TPSA) is 3.88 Å². The molecule has 0 saturated carbocycles. The van der Waals surface area contributed by atoms with Gasteiger partial charge in [-0.25, -0.2) is 4.57 Å². The van der Waals surface area contributed by atoms with E-state index in [9.17, 15) is 0 Å². The Morgan fingerprint density at radius 1 is 0.941 bits per heavy atom. The van der Waals surface area contributed by atoms with Gasteiger partial charge in [0.1, 0.15) is 7.05 Å². The second kappa shape index (κ2) is 6.55. The van der Waals surface area contributed by atoms with Crippen LogP contribution in [0.4, 0.5) is 0 Å². The molecule has 88 valence electrons. The summed E-state index contributed by atoms with van der Waals surface area (Å²) in [4.78, 5) is 0. The summed E-state index contributed by atoms with van der Waals surface area (Å²) in [5.74, 6) is 0. The van der Waals surface area contributed by atoms with Gasteiger partial charge in [0.25, 0.3) is 0 Å². The monoisotopic (exact) mass is 337 g/mol. The zero-order valence-corrected chi connectivity index (χ0v) is 12.3. The van der Waals surface area contributed by atoms with Crippen LogP contribution in [0.1, 0.15) is 16.8 Å². The molecule has 0 unspecified atom stereocenters. The molecule has 0 aliphatic carbocycles. The lowest BCUT2D eigenvalue weighted by Crippen LogP contribution is -3.00. The largest absolute Gasteiger partial charge is 1.00 e. The number of pyridine rings is 1. The second-order valence-electron chi connectivity index (χ2n) is 3.98. The summed E-state index contributed by atoms with van der Waals surface area (Å²) < 4.78 is 2.10. The summed E-state index contributed by atoms with van der Waals surface area (Å²) >= 11 is 0. The maximum absolute atomic E-state index is 2.13. The van der Waals surface area contributed by atoms with Gasteiger partial charge >= 0.3 is 0 Å². The van der Waals surface area contributed by atoms with Crippen LogP contribution in [0, 0.1) is 6.92 Å². The van der Waals surface area contributed by atoms with Gasteiger partial charge in [-0.3, -0.25) is 0 Å². The Balaban J connectivity index is 0.00000144. The minimum atomic E-state index is 0. The average molecular weight is 337 g/mol. The van der Waals surface area contributed by atoms with Crippen LogP contribution >= 0.6 is 0 Å². The molecule has 0 aliphatic heterocycles. The molecule has 2 rings (SSSR count). The quantitative estimate of drug-likeness (QED) is 0.536. The van der Waals surface area contributed by atoms with Crippen LogP contribution in [0.5, 0.6) is 0 Å². The zero-order valence-electron chi connectivity index (χ0n) is 10.1. The molecule has 2 aromatic rings. The number of aromatic nitrogens is 1. The van der Waals surface area contributed by atoms with E-state index in [1.165, 1.54) is 16.8 Å². The summed E-state index contributed by atoms with van der Waals surface area (Å²) in [6.45, 7) is 2.10. The van der Waals surface area contributed by atoms with Crippen molar-refractivity contribution in [3.05, 3.63) is 65.5 Å². The van der Waals surface area contributed by atoms with E-state index in [1.54, 1.807) is 0 Å². The molecule has 2 heteroatoms. The summed E-state index contributed by atoms with van der Waals surface area (Å²) in [5, 5.41) is 0. The summed E-state index contributed by atoms with van der Waals surface area (Å²) in [6.07, 6.45) is 6.31. The Kier molecular flexibility index (Phi) is 5.35. The fourth-order valence-electron chi connectivity index (χ4n) is 1.57. The smallest absolute Gasteiger partial charge is 0.204 e. The van der Waals surface area contributed by atoms with E-state index in [2.05, 4.69) is 73.3 Å². The first kappa shape index (κ1) is 13.9. The van der Waals surface area contributed by atoms with Crippen molar-refractivity contribution in [3.63, 3.8) is 0 Å². The normalized spacial score (nSPS) is 10.2. The van der Waals surface area contributed by atoms with Gasteiger partial charge in [0.15, 0.2) is 6.20 Å². The highest BCUT2D eigenvalue weighted by molar-refractivity contribution is 5.66. The first-order chi connectivity index (χ1) is 7.75. The van der Waals surface area contributed by atoms with Gasteiger partial charge in [-0.05, 0) is 24.6 Å². The number of rotatable bonds is 2. The molecule has 0 radical (unpaired) electrons. The van der Waals surface area contributed by atoms with Crippen molar-refractivity contribution in [3.8, 4) is 0 Å². The molecule has 0 fully saturated rings. The van der Waals surface area contributed by atoms with E-state index in [-0.39, 0.29) is 24.0 Å². The predicted molar refractivity (Wildman–Crippen MR) is 67.7 cm³/mol. The van der Waals surface area contributed by atoms with Gasteiger partial charge in [-0.15, -0.1) is 0 Å². The SMILES string of the molecule is Cc1ccc(C=Cc2cccc[n+]2C)cc1.[I-]. The van der Waals surface area contributed by atoms with Crippen LogP contribution in [0.2, 0.25) is 0 Å². The van der Waals surface area contributed by atoms with Crippen molar-refractivity contribution in [1.29, 1.82) is 0 Å². The third-order valence-electron chi connectivity index (χ3n) is 2.62. The Labute approximate surface area is 120 Å². The fourth-order valence-corrected chi connectivity index (χ4v) is 1.57. The highest BCUT2D eigenvalue weighted by atomic mass is 127. The highest BCUT2D eigenvalue weighted by Crippen LogP contribution is 2.07. The van der Waals surface area contributed by atoms with Crippen molar-refractivity contribution in [1.82, 2.24) is 0 Å². The third kappa shape index (κ3) is 3.97. The van der Waals surface area contributed by atoms with Crippen LogP contribution in [-0.4, -0.2) is 0 Å². The van der Waals surface area contributed by atoms with Gasteiger partial charge in [0.2, 0.25) is 5.69 Å². The molecule has 1 aromatic heterocycles. The van der Waals surface area contributed by atoms with Crippen molar-refractivity contribution < 1.29 is 28.5 Å². The van der Waals surface area contributed by atoms with Crippen LogP contribution in [0.3, 0.4) is 0 Å². The minimum absolute atomic E-state index is 0.